The highest BCUT2D eigenvalue weighted by molar-refractivity contribution is 5.20. The Morgan fingerprint density at radius 1 is 1.18 bits per heavy atom. The van der Waals surface area contributed by atoms with Crippen molar-refractivity contribution in [2.24, 2.45) is 5.73 Å². The summed E-state index contributed by atoms with van der Waals surface area (Å²) in [6, 6.07) is 10.8. The number of hydrogen-bond donors (Lipinski definition) is 1. The largest absolute Gasteiger partial charge is 0.494 e. The maximum Gasteiger partial charge on any atom is 0.119 e. The van der Waals surface area contributed by atoms with Crippen LogP contribution in [-0.2, 0) is 0 Å². The summed E-state index contributed by atoms with van der Waals surface area (Å²) < 4.78 is 5.68. The lowest BCUT2D eigenvalue weighted by molar-refractivity contribution is 0.231. The third-order valence-electron chi connectivity index (χ3n) is 3.08. The van der Waals surface area contributed by atoms with Crippen molar-refractivity contribution in [3.05, 3.63) is 30.3 Å². The van der Waals surface area contributed by atoms with Crippen LogP contribution in [0, 0.1) is 0 Å². The highest BCUT2D eigenvalue weighted by Gasteiger charge is 2.27. The van der Waals surface area contributed by atoms with E-state index in [4.69, 9.17) is 10.5 Å². The van der Waals surface area contributed by atoms with Crippen LogP contribution in [-0.4, -0.2) is 37.2 Å². The average molecular weight is 234 g/mol. The number of nitrogens with two attached hydrogens (primary N) is 1. The van der Waals surface area contributed by atoms with Crippen LogP contribution in [0.3, 0.4) is 0 Å². The van der Waals surface area contributed by atoms with E-state index in [0.717, 1.165) is 44.5 Å². The van der Waals surface area contributed by atoms with Gasteiger partial charge in [0.05, 0.1) is 6.61 Å². The molecule has 0 aromatic heterocycles. The van der Waals surface area contributed by atoms with Gasteiger partial charge in [-0.15, -0.1) is 0 Å². The molecule has 0 aliphatic heterocycles. The summed E-state index contributed by atoms with van der Waals surface area (Å²) in [6.07, 6.45) is 3.77. The van der Waals surface area contributed by atoms with Gasteiger partial charge in [0, 0.05) is 25.7 Å². The smallest absolute Gasteiger partial charge is 0.119 e. The third kappa shape index (κ3) is 4.36. The van der Waals surface area contributed by atoms with Gasteiger partial charge in [0.15, 0.2) is 0 Å². The van der Waals surface area contributed by atoms with E-state index in [9.17, 15) is 0 Å². The first-order chi connectivity index (χ1) is 8.40. The van der Waals surface area contributed by atoms with Crippen LogP contribution in [0.5, 0.6) is 5.75 Å². The van der Waals surface area contributed by atoms with E-state index in [0.29, 0.717) is 0 Å². The lowest BCUT2D eigenvalue weighted by Gasteiger charge is -2.20. The molecule has 3 heteroatoms. The van der Waals surface area contributed by atoms with Crippen molar-refractivity contribution in [3.8, 4) is 5.75 Å². The number of ether oxygens (including phenoxy) is 1. The first-order valence-corrected chi connectivity index (χ1v) is 6.52. The van der Waals surface area contributed by atoms with Crippen LogP contribution in [0.15, 0.2) is 30.3 Å². The van der Waals surface area contributed by atoms with E-state index in [1.165, 1.54) is 12.8 Å². The lowest BCUT2D eigenvalue weighted by Crippen LogP contribution is -2.33. The van der Waals surface area contributed by atoms with Gasteiger partial charge in [0.1, 0.15) is 5.75 Å². The Balaban J connectivity index is 1.61. The van der Waals surface area contributed by atoms with Gasteiger partial charge < -0.3 is 10.5 Å². The molecule has 94 valence electrons. The van der Waals surface area contributed by atoms with Gasteiger partial charge in [0.25, 0.3) is 0 Å². The molecule has 0 spiro atoms. The molecule has 17 heavy (non-hydrogen) atoms. The zero-order valence-electron chi connectivity index (χ0n) is 10.3. The second kappa shape index (κ2) is 6.62. The Kier molecular flexibility index (Phi) is 4.83. The van der Waals surface area contributed by atoms with Gasteiger partial charge in [0.2, 0.25) is 0 Å². The van der Waals surface area contributed by atoms with Crippen LogP contribution in [0.25, 0.3) is 0 Å². The molecule has 2 N–H and O–H groups in total. The second-order valence-electron chi connectivity index (χ2n) is 4.57. The van der Waals surface area contributed by atoms with Crippen LogP contribution in [0.2, 0.25) is 0 Å². The van der Waals surface area contributed by atoms with Gasteiger partial charge in [-0.3, -0.25) is 4.90 Å². The lowest BCUT2D eigenvalue weighted by atomic mass is 10.3. The van der Waals surface area contributed by atoms with Crippen LogP contribution in [0.4, 0.5) is 0 Å². The highest BCUT2D eigenvalue weighted by Crippen LogP contribution is 2.26. The van der Waals surface area contributed by atoms with E-state index in [-0.39, 0.29) is 0 Å². The fourth-order valence-electron chi connectivity index (χ4n) is 2.06. The van der Waals surface area contributed by atoms with Crippen molar-refractivity contribution in [3.63, 3.8) is 0 Å². The Bertz CT molecular complexity index is 311. The van der Waals surface area contributed by atoms with E-state index < -0.39 is 0 Å². The number of rotatable bonds is 8. The molecule has 0 unspecified atom stereocenters. The van der Waals surface area contributed by atoms with Gasteiger partial charge in [-0.05, 0) is 31.4 Å². The zero-order valence-corrected chi connectivity index (χ0v) is 10.3. The summed E-state index contributed by atoms with van der Waals surface area (Å²) in [5.41, 5.74) is 5.62. The number of benzene rings is 1. The average Bonchev–Trinajstić information content (AvgIpc) is 3.19. The Hall–Kier alpha value is -1.06. The van der Waals surface area contributed by atoms with Crippen LogP contribution >= 0.6 is 0 Å². The number of hydrogen-bond acceptors (Lipinski definition) is 3. The number of para-hydroxylation sites is 1. The Labute approximate surface area is 104 Å². The molecular formula is C14H22N2O. The van der Waals surface area contributed by atoms with E-state index in [2.05, 4.69) is 4.90 Å². The molecule has 2 rings (SSSR count). The van der Waals surface area contributed by atoms with E-state index in [1.807, 2.05) is 30.3 Å². The topological polar surface area (TPSA) is 38.5 Å². The maximum absolute atomic E-state index is 5.68. The molecule has 1 aromatic rings. The van der Waals surface area contributed by atoms with Crippen molar-refractivity contribution in [1.82, 2.24) is 4.90 Å². The summed E-state index contributed by atoms with van der Waals surface area (Å²) in [6.45, 7) is 3.68. The van der Waals surface area contributed by atoms with Crippen molar-refractivity contribution in [2.45, 2.75) is 25.3 Å². The second-order valence-corrected chi connectivity index (χ2v) is 4.57. The molecule has 1 aromatic carbocycles. The van der Waals surface area contributed by atoms with Crippen molar-refractivity contribution >= 4 is 0 Å². The first-order valence-electron chi connectivity index (χ1n) is 6.52. The summed E-state index contributed by atoms with van der Waals surface area (Å²) in [5, 5.41) is 0. The molecule has 0 atom stereocenters. The minimum absolute atomic E-state index is 0.760. The molecule has 3 nitrogen and oxygen atoms in total. The summed E-state index contributed by atoms with van der Waals surface area (Å²) in [5.74, 6) is 0.962. The molecule has 1 fully saturated rings. The fraction of sp³-hybridized carbons (Fsp3) is 0.571. The molecule has 1 saturated carbocycles. The molecule has 0 saturated heterocycles. The highest BCUT2D eigenvalue weighted by atomic mass is 16.5. The van der Waals surface area contributed by atoms with Gasteiger partial charge in [-0.1, -0.05) is 18.2 Å². The molecular weight excluding hydrogens is 212 g/mol. The van der Waals surface area contributed by atoms with Gasteiger partial charge in [-0.2, -0.15) is 0 Å². The molecule has 1 aliphatic rings. The normalized spacial score (nSPS) is 15.2. The van der Waals surface area contributed by atoms with Crippen molar-refractivity contribution < 1.29 is 4.74 Å². The Morgan fingerprint density at radius 3 is 2.59 bits per heavy atom. The van der Waals surface area contributed by atoms with Crippen LogP contribution < -0.4 is 10.5 Å². The summed E-state index contributed by atoms with van der Waals surface area (Å²) >= 11 is 0. The predicted octanol–water partition coefficient (Wildman–Crippen LogP) is 1.88. The SMILES string of the molecule is NCCN(CCCOc1ccccc1)C1CC1. The van der Waals surface area contributed by atoms with Crippen LogP contribution in [0.1, 0.15) is 19.3 Å². The number of nitrogens with zero attached hydrogens (tertiary/aromatic N) is 1. The van der Waals surface area contributed by atoms with E-state index >= 15 is 0 Å². The molecule has 0 heterocycles. The zero-order chi connectivity index (χ0) is 11.9. The predicted molar refractivity (Wildman–Crippen MR) is 70.2 cm³/mol. The minimum Gasteiger partial charge on any atom is -0.494 e. The quantitative estimate of drug-likeness (QED) is 0.698. The van der Waals surface area contributed by atoms with Crippen molar-refractivity contribution in [2.75, 3.05) is 26.2 Å². The van der Waals surface area contributed by atoms with Crippen molar-refractivity contribution in [1.29, 1.82) is 0 Å². The standard InChI is InChI=1S/C14H22N2O/c15-9-11-16(13-7-8-13)10-4-12-17-14-5-2-1-3-6-14/h1-3,5-6,13H,4,7-12,15H2. The monoisotopic (exact) mass is 234 g/mol. The Morgan fingerprint density at radius 2 is 1.94 bits per heavy atom. The molecule has 1 aliphatic carbocycles. The first kappa shape index (κ1) is 12.4. The maximum atomic E-state index is 5.68. The molecule has 0 amide bonds. The minimum atomic E-state index is 0.760. The summed E-state index contributed by atoms with van der Waals surface area (Å²) in [7, 11) is 0. The van der Waals surface area contributed by atoms with Gasteiger partial charge in [-0.25, -0.2) is 0 Å². The van der Waals surface area contributed by atoms with Gasteiger partial charge >= 0.3 is 0 Å². The molecule has 0 bridgehead atoms. The fourth-order valence-corrected chi connectivity index (χ4v) is 2.06. The molecule has 0 radical (unpaired) electrons. The van der Waals surface area contributed by atoms with E-state index in [1.54, 1.807) is 0 Å². The third-order valence-corrected chi connectivity index (χ3v) is 3.08. The summed E-state index contributed by atoms with van der Waals surface area (Å²) in [4.78, 5) is 2.49.